The van der Waals surface area contributed by atoms with Crippen LogP contribution in [0.25, 0.3) is 0 Å². The Labute approximate surface area is 171 Å². The fourth-order valence-corrected chi connectivity index (χ4v) is 4.33. The lowest BCUT2D eigenvalue weighted by atomic mass is 9.92. The van der Waals surface area contributed by atoms with Gasteiger partial charge in [-0.1, -0.05) is 55.1 Å². The van der Waals surface area contributed by atoms with Crippen LogP contribution in [0.3, 0.4) is 0 Å². The Kier molecular flexibility index (Phi) is 8.13. The molecule has 0 aromatic heterocycles. The van der Waals surface area contributed by atoms with Crippen molar-refractivity contribution in [3.8, 4) is 0 Å². The zero-order chi connectivity index (χ0) is 21.3. The molecule has 0 aliphatic carbocycles. The van der Waals surface area contributed by atoms with Crippen LogP contribution in [0.1, 0.15) is 36.5 Å². The quantitative estimate of drug-likeness (QED) is 0.251. The highest BCUT2D eigenvalue weighted by molar-refractivity contribution is 7.95. The van der Waals surface area contributed by atoms with Gasteiger partial charge in [0.05, 0.1) is 16.4 Å². The lowest BCUT2D eigenvalue weighted by Gasteiger charge is -2.15. The second-order valence-electron chi connectivity index (χ2n) is 6.34. The van der Waals surface area contributed by atoms with Crippen molar-refractivity contribution in [3.05, 3.63) is 83.4 Å². The standard InChI is InChI=1S/C23H24O5S/c1-3-19(29(26,27)20-14-9-6-10-15-20)16-11-17-21(23(25)28-4-2)22(24)18-12-7-5-8-13-18/h5-10,12-15,21H,1,4,11,16-17H2,2H3. The first-order valence-corrected chi connectivity index (χ1v) is 10.8. The van der Waals surface area contributed by atoms with Gasteiger partial charge in [-0.05, 0) is 38.3 Å². The van der Waals surface area contributed by atoms with Crippen LogP contribution < -0.4 is 0 Å². The second-order valence-corrected chi connectivity index (χ2v) is 8.31. The normalized spacial score (nSPS) is 11.9. The van der Waals surface area contributed by atoms with Crippen molar-refractivity contribution in [3.63, 3.8) is 0 Å². The Morgan fingerprint density at radius 2 is 1.62 bits per heavy atom. The molecule has 6 heteroatoms. The van der Waals surface area contributed by atoms with E-state index in [0.29, 0.717) is 12.0 Å². The van der Waals surface area contributed by atoms with Gasteiger partial charge in [0.2, 0.25) is 9.84 Å². The number of allylic oxidation sites excluding steroid dienone is 1. The highest BCUT2D eigenvalue weighted by Gasteiger charge is 2.29. The molecule has 0 bridgehead atoms. The van der Waals surface area contributed by atoms with E-state index in [2.05, 4.69) is 12.3 Å². The van der Waals surface area contributed by atoms with Gasteiger partial charge in [0.1, 0.15) is 5.92 Å². The minimum Gasteiger partial charge on any atom is -0.465 e. The smallest absolute Gasteiger partial charge is 0.316 e. The molecule has 0 spiro atoms. The highest BCUT2D eigenvalue weighted by atomic mass is 32.2. The average molecular weight is 413 g/mol. The van der Waals surface area contributed by atoms with Crippen LogP contribution in [-0.2, 0) is 19.4 Å². The number of hydrogen-bond donors (Lipinski definition) is 0. The van der Waals surface area contributed by atoms with E-state index in [1.54, 1.807) is 55.5 Å². The van der Waals surface area contributed by atoms with E-state index >= 15 is 0 Å². The molecule has 0 saturated heterocycles. The molecule has 2 aromatic carbocycles. The Balaban J connectivity index is 2.13. The fraction of sp³-hybridized carbons (Fsp3) is 0.261. The van der Waals surface area contributed by atoms with Crippen LogP contribution in [0.15, 0.2) is 82.8 Å². The number of carbonyl (C=O) groups excluding carboxylic acids is 2. The van der Waals surface area contributed by atoms with Gasteiger partial charge in [0, 0.05) is 5.56 Å². The molecule has 5 nitrogen and oxygen atoms in total. The van der Waals surface area contributed by atoms with Gasteiger partial charge in [0.15, 0.2) is 5.78 Å². The van der Waals surface area contributed by atoms with E-state index in [0.717, 1.165) is 0 Å². The molecule has 152 valence electrons. The molecule has 2 rings (SSSR count). The first-order chi connectivity index (χ1) is 13.9. The zero-order valence-corrected chi connectivity index (χ0v) is 17.2. The SMILES string of the molecule is C=C=C(CCCC(C(=O)OCC)C(=O)c1ccccc1)S(=O)(=O)c1ccccc1. The molecule has 0 heterocycles. The lowest BCUT2D eigenvalue weighted by molar-refractivity contribution is -0.146. The summed E-state index contributed by atoms with van der Waals surface area (Å²) in [6, 6.07) is 16.5. The van der Waals surface area contributed by atoms with E-state index < -0.39 is 21.7 Å². The van der Waals surface area contributed by atoms with Crippen LogP contribution in [0.2, 0.25) is 0 Å². The number of ether oxygens (including phenoxy) is 1. The Bertz CT molecular complexity index is 988. The van der Waals surface area contributed by atoms with Crippen LogP contribution >= 0.6 is 0 Å². The number of hydrogen-bond acceptors (Lipinski definition) is 5. The van der Waals surface area contributed by atoms with Crippen LogP contribution in [-0.4, -0.2) is 26.8 Å². The minimum atomic E-state index is -3.71. The Morgan fingerprint density at radius 1 is 1.03 bits per heavy atom. The van der Waals surface area contributed by atoms with Gasteiger partial charge in [-0.2, -0.15) is 0 Å². The van der Waals surface area contributed by atoms with Gasteiger partial charge in [-0.15, -0.1) is 5.73 Å². The van der Waals surface area contributed by atoms with Crippen molar-refractivity contribution in [1.82, 2.24) is 0 Å². The van der Waals surface area contributed by atoms with E-state index in [1.807, 2.05) is 0 Å². The largest absolute Gasteiger partial charge is 0.465 e. The lowest BCUT2D eigenvalue weighted by Crippen LogP contribution is -2.26. The average Bonchev–Trinajstić information content (AvgIpc) is 2.74. The number of ketones is 1. The Hall–Kier alpha value is -2.95. The summed E-state index contributed by atoms with van der Waals surface area (Å²) in [6.45, 7) is 5.34. The summed E-state index contributed by atoms with van der Waals surface area (Å²) in [5.41, 5.74) is 2.93. The van der Waals surface area contributed by atoms with Crippen molar-refractivity contribution >= 4 is 21.6 Å². The van der Waals surface area contributed by atoms with Crippen LogP contribution in [0, 0.1) is 5.92 Å². The third-order valence-corrected chi connectivity index (χ3v) is 6.31. The molecule has 0 aliphatic rings. The summed E-state index contributed by atoms with van der Waals surface area (Å²) in [6.07, 6.45) is 0.590. The van der Waals surface area contributed by atoms with E-state index in [4.69, 9.17) is 4.74 Å². The molecule has 1 unspecified atom stereocenters. The van der Waals surface area contributed by atoms with Crippen LogP contribution in [0.5, 0.6) is 0 Å². The Morgan fingerprint density at radius 3 is 2.17 bits per heavy atom. The number of Topliss-reactive ketones (excluding diaryl/α,β-unsaturated/α-hetero) is 1. The third kappa shape index (κ3) is 5.76. The number of carbonyl (C=O) groups is 2. The molecule has 2 aromatic rings. The molecular formula is C23H24O5S. The molecule has 0 N–H and O–H groups in total. The summed E-state index contributed by atoms with van der Waals surface area (Å²) < 4.78 is 30.5. The second kappa shape index (κ2) is 10.6. The maximum atomic E-state index is 12.8. The van der Waals surface area contributed by atoms with Gasteiger partial charge in [0.25, 0.3) is 0 Å². The number of rotatable bonds is 10. The molecule has 29 heavy (non-hydrogen) atoms. The van der Waals surface area contributed by atoms with Crippen molar-refractivity contribution in [2.75, 3.05) is 6.61 Å². The molecular weight excluding hydrogens is 388 g/mol. The van der Waals surface area contributed by atoms with E-state index in [-0.39, 0.29) is 35.0 Å². The maximum absolute atomic E-state index is 12.8. The molecule has 0 amide bonds. The fourth-order valence-electron chi connectivity index (χ4n) is 2.93. The van der Waals surface area contributed by atoms with Crippen molar-refractivity contribution in [1.29, 1.82) is 0 Å². The number of benzene rings is 2. The number of esters is 1. The predicted octanol–water partition coefficient (Wildman–Crippen LogP) is 4.36. The molecule has 1 atom stereocenters. The van der Waals surface area contributed by atoms with Crippen LogP contribution in [0.4, 0.5) is 0 Å². The van der Waals surface area contributed by atoms with Crippen molar-refractivity contribution in [2.45, 2.75) is 31.1 Å². The van der Waals surface area contributed by atoms with E-state index in [1.165, 1.54) is 12.1 Å². The minimum absolute atomic E-state index is 0.0402. The van der Waals surface area contributed by atoms with Gasteiger partial charge >= 0.3 is 5.97 Å². The van der Waals surface area contributed by atoms with Crippen molar-refractivity contribution < 1.29 is 22.7 Å². The topological polar surface area (TPSA) is 77.5 Å². The summed E-state index contributed by atoms with van der Waals surface area (Å²) in [5.74, 6) is -1.92. The van der Waals surface area contributed by atoms with E-state index in [9.17, 15) is 18.0 Å². The van der Waals surface area contributed by atoms with Crippen molar-refractivity contribution in [2.24, 2.45) is 5.92 Å². The van der Waals surface area contributed by atoms with Gasteiger partial charge in [-0.3, -0.25) is 9.59 Å². The predicted molar refractivity (Wildman–Crippen MR) is 111 cm³/mol. The van der Waals surface area contributed by atoms with Gasteiger partial charge < -0.3 is 4.74 Å². The number of sulfone groups is 1. The zero-order valence-electron chi connectivity index (χ0n) is 16.3. The summed E-state index contributed by atoms with van der Waals surface area (Å²) >= 11 is 0. The first kappa shape index (κ1) is 22.3. The molecule has 0 aliphatic heterocycles. The third-order valence-electron chi connectivity index (χ3n) is 4.42. The van der Waals surface area contributed by atoms with Gasteiger partial charge in [-0.25, -0.2) is 8.42 Å². The maximum Gasteiger partial charge on any atom is 0.316 e. The monoisotopic (exact) mass is 412 g/mol. The summed E-state index contributed by atoms with van der Waals surface area (Å²) in [4.78, 5) is 25.3. The summed E-state index contributed by atoms with van der Waals surface area (Å²) in [5, 5.41) is 0. The molecule has 0 saturated carbocycles. The summed E-state index contributed by atoms with van der Waals surface area (Å²) in [7, 11) is -3.71. The first-order valence-electron chi connectivity index (χ1n) is 9.36. The highest BCUT2D eigenvalue weighted by Crippen LogP contribution is 2.25. The molecule has 0 radical (unpaired) electrons. The molecule has 0 fully saturated rings.